The van der Waals surface area contributed by atoms with Gasteiger partial charge in [0.05, 0.1) is 5.41 Å². The van der Waals surface area contributed by atoms with Crippen LogP contribution in [0.4, 0.5) is 4.39 Å². The quantitative estimate of drug-likeness (QED) is 0.476. The monoisotopic (exact) mass is 472 g/mol. The molecule has 1 saturated heterocycles. The zero-order valence-electron chi connectivity index (χ0n) is 19.9. The summed E-state index contributed by atoms with van der Waals surface area (Å²) in [6.45, 7) is 0.349. The largest absolute Gasteiger partial charge is 0.341 e. The molecular weight excluding hydrogens is 443 g/mol. The summed E-state index contributed by atoms with van der Waals surface area (Å²) >= 11 is 0. The van der Waals surface area contributed by atoms with Crippen LogP contribution in [0.3, 0.4) is 0 Å². The smallest absolute Gasteiger partial charge is 0.241 e. The van der Waals surface area contributed by atoms with Crippen LogP contribution >= 0.6 is 0 Å². The highest BCUT2D eigenvalue weighted by molar-refractivity contribution is 6.11. The third-order valence-corrected chi connectivity index (χ3v) is 7.60. The Morgan fingerprint density at radius 2 is 1.69 bits per heavy atom. The highest BCUT2D eigenvalue weighted by Gasteiger charge is 2.56. The van der Waals surface area contributed by atoms with Crippen LogP contribution in [0.15, 0.2) is 66.7 Å². The van der Waals surface area contributed by atoms with Crippen molar-refractivity contribution < 1.29 is 18.8 Å². The highest BCUT2D eigenvalue weighted by Crippen LogP contribution is 2.44. The molecule has 1 unspecified atom stereocenters. The molecule has 1 aliphatic heterocycles. The third-order valence-electron chi connectivity index (χ3n) is 7.60. The Balaban J connectivity index is 1.46. The van der Waals surface area contributed by atoms with Gasteiger partial charge in [0, 0.05) is 38.0 Å². The first-order chi connectivity index (χ1) is 16.9. The number of halogens is 1. The number of imide groups is 1. The molecule has 0 bridgehead atoms. The lowest BCUT2D eigenvalue weighted by molar-refractivity contribution is -0.144. The van der Waals surface area contributed by atoms with Crippen LogP contribution in [0.1, 0.15) is 49.7 Å². The summed E-state index contributed by atoms with van der Waals surface area (Å²) in [5, 5.41) is 2.13. The summed E-state index contributed by atoms with van der Waals surface area (Å²) in [5.74, 6) is -1.61. The second-order valence-corrected chi connectivity index (χ2v) is 9.81. The van der Waals surface area contributed by atoms with Gasteiger partial charge in [0.15, 0.2) is 0 Å². The Hall–Kier alpha value is -3.54. The van der Waals surface area contributed by atoms with Crippen molar-refractivity contribution in [3.8, 4) is 0 Å². The molecule has 180 valence electrons. The number of rotatable bonds is 6. The second kappa shape index (κ2) is 9.25. The minimum absolute atomic E-state index is 0.130. The van der Waals surface area contributed by atoms with Crippen LogP contribution in [-0.4, -0.2) is 40.6 Å². The van der Waals surface area contributed by atoms with Gasteiger partial charge in [0.1, 0.15) is 5.82 Å². The zero-order chi connectivity index (χ0) is 24.6. The number of carbonyl (C=O) groups excluding carboxylic acids is 3. The summed E-state index contributed by atoms with van der Waals surface area (Å²) in [5.41, 5.74) is -0.402. The maximum atomic E-state index is 15.1. The highest BCUT2D eigenvalue weighted by atomic mass is 19.1. The van der Waals surface area contributed by atoms with Crippen molar-refractivity contribution in [2.24, 2.45) is 0 Å². The van der Waals surface area contributed by atoms with E-state index in [-0.39, 0.29) is 36.3 Å². The fraction of sp³-hybridized carbons (Fsp3) is 0.345. The van der Waals surface area contributed by atoms with E-state index in [2.05, 4.69) is 0 Å². The number of amides is 3. The fourth-order valence-electron chi connectivity index (χ4n) is 5.75. The number of carbonyl (C=O) groups is 3. The first-order valence-corrected chi connectivity index (χ1v) is 12.2. The van der Waals surface area contributed by atoms with Crippen LogP contribution < -0.4 is 0 Å². The molecule has 0 spiro atoms. The minimum atomic E-state index is -1.52. The van der Waals surface area contributed by atoms with Crippen LogP contribution in [0.25, 0.3) is 10.8 Å². The molecule has 3 aromatic carbocycles. The van der Waals surface area contributed by atoms with E-state index in [4.69, 9.17) is 0 Å². The fourth-order valence-corrected chi connectivity index (χ4v) is 5.75. The van der Waals surface area contributed by atoms with Gasteiger partial charge in [0.25, 0.3) is 0 Å². The molecule has 3 aromatic rings. The standard InChI is InChI=1S/C29H29FN2O3/c1-31(19-21-11-8-10-20-9-2-5-14-23(20)21)26(33)17-29(24-15-6-7-16-25(24)30)18-27(34)32(28(29)35)22-12-3-4-13-22/h2,5-11,14-16,22H,3-4,12-13,17-19H2,1H3. The summed E-state index contributed by atoms with van der Waals surface area (Å²) in [4.78, 5) is 43.4. The van der Waals surface area contributed by atoms with E-state index in [0.717, 1.165) is 42.0 Å². The van der Waals surface area contributed by atoms with Gasteiger partial charge < -0.3 is 4.90 Å². The second-order valence-electron chi connectivity index (χ2n) is 9.81. The van der Waals surface area contributed by atoms with Crippen LogP contribution in [0.2, 0.25) is 0 Å². The molecule has 3 amide bonds. The molecule has 2 fully saturated rings. The molecule has 2 aliphatic rings. The van der Waals surface area contributed by atoms with Crippen molar-refractivity contribution in [2.45, 2.75) is 56.5 Å². The number of hydrogen-bond donors (Lipinski definition) is 0. The van der Waals surface area contributed by atoms with Gasteiger partial charge in [-0.2, -0.15) is 0 Å². The van der Waals surface area contributed by atoms with E-state index in [9.17, 15) is 14.4 Å². The lowest BCUT2D eigenvalue weighted by atomic mass is 9.75. The summed E-state index contributed by atoms with van der Waals surface area (Å²) in [7, 11) is 1.69. The Kier molecular flexibility index (Phi) is 6.13. The SMILES string of the molecule is CN(Cc1cccc2ccccc12)C(=O)CC1(c2ccccc2F)CC(=O)N(C2CCCC2)C1=O. The molecule has 0 N–H and O–H groups in total. The summed E-state index contributed by atoms with van der Waals surface area (Å²) in [6, 6.07) is 19.8. The number of hydrogen-bond acceptors (Lipinski definition) is 3. The van der Waals surface area contributed by atoms with Gasteiger partial charge in [0.2, 0.25) is 17.7 Å². The van der Waals surface area contributed by atoms with Crippen molar-refractivity contribution in [1.82, 2.24) is 9.80 Å². The molecule has 5 rings (SSSR count). The molecule has 35 heavy (non-hydrogen) atoms. The molecule has 0 aromatic heterocycles. The minimum Gasteiger partial charge on any atom is -0.341 e. The Labute approximate surface area is 204 Å². The molecular formula is C29H29FN2O3. The zero-order valence-corrected chi connectivity index (χ0v) is 19.9. The van der Waals surface area contributed by atoms with Crippen molar-refractivity contribution in [3.63, 3.8) is 0 Å². The maximum Gasteiger partial charge on any atom is 0.241 e. The number of benzene rings is 3. The van der Waals surface area contributed by atoms with E-state index in [1.165, 1.54) is 17.0 Å². The average molecular weight is 473 g/mol. The lowest BCUT2D eigenvalue weighted by Gasteiger charge is -2.31. The molecule has 6 heteroatoms. The molecule has 1 atom stereocenters. The topological polar surface area (TPSA) is 57.7 Å². The van der Waals surface area contributed by atoms with E-state index < -0.39 is 17.1 Å². The molecule has 1 heterocycles. The number of nitrogens with zero attached hydrogens (tertiary/aromatic N) is 2. The van der Waals surface area contributed by atoms with Crippen molar-refractivity contribution in [2.75, 3.05) is 7.05 Å². The summed E-state index contributed by atoms with van der Waals surface area (Å²) < 4.78 is 15.1. The van der Waals surface area contributed by atoms with Gasteiger partial charge in [-0.1, -0.05) is 73.5 Å². The van der Waals surface area contributed by atoms with Gasteiger partial charge in [-0.05, 0) is 35.2 Å². The normalized spacial score (nSPS) is 20.7. The van der Waals surface area contributed by atoms with Crippen molar-refractivity contribution >= 4 is 28.5 Å². The van der Waals surface area contributed by atoms with E-state index in [0.29, 0.717) is 6.54 Å². The number of fused-ring (bicyclic) bond motifs is 1. The molecule has 1 aliphatic carbocycles. The Morgan fingerprint density at radius 1 is 1.00 bits per heavy atom. The van der Waals surface area contributed by atoms with Crippen LogP contribution in [-0.2, 0) is 26.3 Å². The molecule has 1 saturated carbocycles. The van der Waals surface area contributed by atoms with E-state index in [1.54, 1.807) is 24.1 Å². The van der Waals surface area contributed by atoms with Crippen molar-refractivity contribution in [3.05, 3.63) is 83.7 Å². The van der Waals surface area contributed by atoms with Gasteiger partial charge in [-0.25, -0.2) is 4.39 Å². The van der Waals surface area contributed by atoms with Crippen LogP contribution in [0.5, 0.6) is 0 Å². The summed E-state index contributed by atoms with van der Waals surface area (Å²) in [6.07, 6.45) is 3.02. The Morgan fingerprint density at radius 3 is 2.46 bits per heavy atom. The predicted molar refractivity (Wildman–Crippen MR) is 132 cm³/mol. The van der Waals surface area contributed by atoms with E-state index in [1.807, 2.05) is 42.5 Å². The maximum absolute atomic E-state index is 15.1. The first kappa shape index (κ1) is 23.2. The molecule has 5 nitrogen and oxygen atoms in total. The lowest BCUT2D eigenvalue weighted by Crippen LogP contribution is -2.45. The first-order valence-electron chi connectivity index (χ1n) is 12.2. The molecule has 0 radical (unpaired) electrons. The van der Waals surface area contributed by atoms with Crippen LogP contribution in [0, 0.1) is 5.82 Å². The van der Waals surface area contributed by atoms with Gasteiger partial charge in [-0.3, -0.25) is 19.3 Å². The van der Waals surface area contributed by atoms with Crippen molar-refractivity contribution in [1.29, 1.82) is 0 Å². The van der Waals surface area contributed by atoms with Gasteiger partial charge in [-0.15, -0.1) is 0 Å². The van der Waals surface area contributed by atoms with E-state index >= 15 is 4.39 Å². The predicted octanol–water partition coefficient (Wildman–Crippen LogP) is 4.97. The Bertz CT molecular complexity index is 1290. The van der Waals surface area contributed by atoms with Gasteiger partial charge >= 0.3 is 0 Å². The third kappa shape index (κ3) is 4.11. The average Bonchev–Trinajstić information content (AvgIpc) is 3.46. The number of likely N-dealkylation sites (tertiary alicyclic amines) is 1.